The summed E-state index contributed by atoms with van der Waals surface area (Å²) in [4.78, 5) is 29.0. The molecule has 2 saturated heterocycles. The van der Waals surface area contributed by atoms with E-state index in [4.69, 9.17) is 28.0 Å². The second kappa shape index (κ2) is 15.0. The summed E-state index contributed by atoms with van der Waals surface area (Å²) in [6.45, 7) is 7.12. The number of amides is 1. The van der Waals surface area contributed by atoms with Gasteiger partial charge in [0, 0.05) is 54.3 Å². The fourth-order valence-electron chi connectivity index (χ4n) is 6.17. The van der Waals surface area contributed by atoms with Gasteiger partial charge in [-0.05, 0) is 42.1 Å². The van der Waals surface area contributed by atoms with Crippen molar-refractivity contribution < 1.29 is 24.9 Å². The number of fused-ring (bicyclic) bond motifs is 1. The molecule has 3 heterocycles. The van der Waals surface area contributed by atoms with Crippen LogP contribution in [0.1, 0.15) is 54.6 Å². The lowest BCUT2D eigenvalue weighted by molar-refractivity contribution is -0.163. The standard InChI is InChI=1S/C23H32N4O4S.C9H14N2O/c1-12-19-18(13(2)28)22(29)27(19)20(23(30)31)21(12)32-16-7-8-26(11-16)10-14-3-5-15(6-4-14)17(25)9-24;10-5-9(11)8-3-1-7(6-12)2-4-8/h3-6,12-13,16-19,28H,7-11,24-25H2,1-2H3,(H,30,31);1-4,9,12H,5-6,10-11H2/t12-,13-,16-,17?,18-,19-;/m1./s1. The summed E-state index contributed by atoms with van der Waals surface area (Å²) in [5.74, 6) is -1.95. The van der Waals surface area contributed by atoms with Crippen molar-refractivity contribution in [2.24, 2.45) is 34.8 Å². The van der Waals surface area contributed by atoms with Crippen LogP contribution in [0.3, 0.4) is 0 Å². The number of β-lactam (4-membered cyclic amide) rings is 1. The molecule has 0 radical (unpaired) electrons. The predicted molar refractivity (Wildman–Crippen MR) is 172 cm³/mol. The highest BCUT2D eigenvalue weighted by molar-refractivity contribution is 8.03. The van der Waals surface area contributed by atoms with Gasteiger partial charge in [0.25, 0.3) is 0 Å². The van der Waals surface area contributed by atoms with Crippen LogP contribution in [-0.2, 0) is 22.7 Å². The Morgan fingerprint density at radius 1 is 1.00 bits per heavy atom. The van der Waals surface area contributed by atoms with E-state index in [1.165, 1.54) is 10.5 Å². The van der Waals surface area contributed by atoms with Crippen molar-refractivity contribution in [3.05, 3.63) is 81.4 Å². The molecule has 2 fully saturated rings. The van der Waals surface area contributed by atoms with Crippen LogP contribution < -0.4 is 22.9 Å². The third-order valence-electron chi connectivity index (χ3n) is 8.75. The number of benzene rings is 2. The van der Waals surface area contributed by atoms with E-state index in [2.05, 4.69) is 17.0 Å². The first-order chi connectivity index (χ1) is 21.0. The number of aliphatic hydroxyl groups excluding tert-OH is 2. The molecular formula is C32H46N6O5S. The average molecular weight is 627 g/mol. The molecule has 0 saturated carbocycles. The number of nitrogens with two attached hydrogens (primary N) is 4. The summed E-state index contributed by atoms with van der Waals surface area (Å²) in [5, 5.41) is 28.8. The molecule has 7 atom stereocenters. The average Bonchev–Trinajstić information content (AvgIpc) is 3.56. The van der Waals surface area contributed by atoms with Crippen molar-refractivity contribution in [3.63, 3.8) is 0 Å². The van der Waals surface area contributed by atoms with Gasteiger partial charge in [-0.15, -0.1) is 11.8 Å². The number of carboxylic acid groups (broad SMARTS) is 1. The first kappa shape index (κ1) is 34.1. The van der Waals surface area contributed by atoms with E-state index in [1.54, 1.807) is 18.7 Å². The van der Waals surface area contributed by atoms with Crippen LogP contribution in [0.2, 0.25) is 0 Å². The molecule has 2 aromatic rings. The number of hydrogen-bond acceptors (Lipinski definition) is 10. The Morgan fingerprint density at radius 2 is 1.55 bits per heavy atom. The first-order valence-electron chi connectivity index (χ1n) is 15.1. The van der Waals surface area contributed by atoms with Crippen LogP contribution >= 0.6 is 11.8 Å². The lowest BCUT2D eigenvalue weighted by Crippen LogP contribution is -2.63. The molecule has 12 heteroatoms. The Morgan fingerprint density at radius 3 is 2.02 bits per heavy atom. The molecule has 0 aromatic heterocycles. The van der Waals surface area contributed by atoms with Gasteiger partial charge in [0.1, 0.15) is 5.70 Å². The number of hydrogen-bond donors (Lipinski definition) is 7. The van der Waals surface area contributed by atoms with Gasteiger partial charge < -0.3 is 43.2 Å². The molecule has 2 aromatic carbocycles. The van der Waals surface area contributed by atoms with Crippen LogP contribution in [0.5, 0.6) is 0 Å². The topological polar surface area (TPSA) is 205 Å². The normalized spacial score (nSPS) is 25.2. The van der Waals surface area contributed by atoms with Crippen molar-refractivity contribution in [2.75, 3.05) is 26.2 Å². The largest absolute Gasteiger partial charge is 0.477 e. The molecule has 0 bridgehead atoms. The van der Waals surface area contributed by atoms with E-state index >= 15 is 0 Å². The highest BCUT2D eigenvalue weighted by atomic mass is 32.2. The molecule has 240 valence electrons. The van der Waals surface area contributed by atoms with E-state index in [0.717, 1.165) is 47.7 Å². The Labute approximate surface area is 263 Å². The fourth-order valence-corrected chi connectivity index (χ4v) is 7.69. The molecule has 0 aliphatic carbocycles. The maximum atomic E-state index is 12.5. The third kappa shape index (κ3) is 7.35. The minimum Gasteiger partial charge on any atom is -0.477 e. The van der Waals surface area contributed by atoms with Crippen LogP contribution in [0, 0.1) is 11.8 Å². The zero-order valence-electron chi connectivity index (χ0n) is 25.4. The van der Waals surface area contributed by atoms with Crippen LogP contribution in [0.4, 0.5) is 0 Å². The van der Waals surface area contributed by atoms with Gasteiger partial charge in [-0.2, -0.15) is 0 Å². The second-order valence-electron chi connectivity index (χ2n) is 11.9. The van der Waals surface area contributed by atoms with Gasteiger partial charge in [0.15, 0.2) is 0 Å². The number of carbonyl (C=O) groups is 2. The highest BCUT2D eigenvalue weighted by Crippen LogP contribution is 2.52. The summed E-state index contributed by atoms with van der Waals surface area (Å²) in [7, 11) is 0. The Hall–Kier alpha value is -2.81. The van der Waals surface area contributed by atoms with Crippen molar-refractivity contribution >= 4 is 23.6 Å². The van der Waals surface area contributed by atoms with Crippen molar-refractivity contribution in [1.29, 1.82) is 0 Å². The first-order valence-corrected chi connectivity index (χ1v) is 16.0. The number of aliphatic carboxylic acids is 1. The Kier molecular flexibility index (Phi) is 11.6. The van der Waals surface area contributed by atoms with Gasteiger partial charge in [-0.3, -0.25) is 9.69 Å². The van der Waals surface area contributed by atoms with E-state index in [0.29, 0.717) is 13.1 Å². The molecule has 3 aliphatic heterocycles. The Bertz CT molecular complexity index is 1320. The van der Waals surface area contributed by atoms with E-state index in [9.17, 15) is 19.8 Å². The number of thioether (sulfide) groups is 1. The number of rotatable bonds is 11. The molecular weight excluding hydrogens is 580 g/mol. The smallest absolute Gasteiger partial charge is 0.353 e. The highest BCUT2D eigenvalue weighted by Gasteiger charge is 2.60. The monoisotopic (exact) mass is 626 g/mol. The summed E-state index contributed by atoms with van der Waals surface area (Å²) in [6, 6.07) is 15.2. The zero-order valence-corrected chi connectivity index (χ0v) is 26.2. The van der Waals surface area contributed by atoms with Gasteiger partial charge in [-0.25, -0.2) is 4.79 Å². The summed E-state index contributed by atoms with van der Waals surface area (Å²) in [6.07, 6.45) is 0.181. The summed E-state index contributed by atoms with van der Waals surface area (Å²) in [5.41, 5.74) is 27.0. The maximum Gasteiger partial charge on any atom is 0.353 e. The third-order valence-corrected chi connectivity index (χ3v) is 10.3. The summed E-state index contributed by atoms with van der Waals surface area (Å²) < 4.78 is 0. The van der Waals surface area contributed by atoms with Gasteiger partial charge in [-0.1, -0.05) is 55.5 Å². The van der Waals surface area contributed by atoms with Gasteiger partial charge in [0.2, 0.25) is 5.91 Å². The number of carbonyl (C=O) groups excluding carboxylic acids is 1. The molecule has 3 aliphatic rings. The molecule has 2 unspecified atom stereocenters. The second-order valence-corrected chi connectivity index (χ2v) is 13.2. The molecule has 1 amide bonds. The molecule has 11 N–H and O–H groups in total. The van der Waals surface area contributed by atoms with Crippen molar-refractivity contribution in [2.45, 2.75) is 62.9 Å². The quantitative estimate of drug-likeness (QED) is 0.177. The van der Waals surface area contributed by atoms with Crippen LogP contribution in [0.25, 0.3) is 0 Å². The van der Waals surface area contributed by atoms with Crippen LogP contribution in [0.15, 0.2) is 59.1 Å². The lowest BCUT2D eigenvalue weighted by Gasteiger charge is -2.46. The fraction of sp³-hybridized carbons (Fsp3) is 0.500. The number of nitrogens with zero attached hydrogens (tertiary/aromatic N) is 2. The van der Waals surface area contributed by atoms with Crippen LogP contribution in [-0.4, -0.2) is 80.6 Å². The van der Waals surface area contributed by atoms with Crippen molar-refractivity contribution in [1.82, 2.24) is 9.80 Å². The van der Waals surface area contributed by atoms with Crippen molar-refractivity contribution in [3.8, 4) is 0 Å². The Balaban J connectivity index is 0.000000309. The predicted octanol–water partition coefficient (Wildman–Crippen LogP) is 1.24. The van der Waals surface area contributed by atoms with E-state index in [1.807, 2.05) is 43.3 Å². The molecule has 44 heavy (non-hydrogen) atoms. The number of aliphatic hydroxyl groups is 2. The molecule has 5 rings (SSSR count). The minimum atomic E-state index is -1.06. The van der Waals surface area contributed by atoms with E-state index in [-0.39, 0.29) is 47.5 Å². The van der Waals surface area contributed by atoms with Gasteiger partial charge >= 0.3 is 5.97 Å². The molecule has 11 nitrogen and oxygen atoms in total. The molecule has 0 spiro atoms. The summed E-state index contributed by atoms with van der Waals surface area (Å²) >= 11 is 1.60. The number of carboxylic acids is 1. The lowest BCUT2D eigenvalue weighted by atomic mass is 9.79. The van der Waals surface area contributed by atoms with E-state index < -0.39 is 18.0 Å². The van der Waals surface area contributed by atoms with Gasteiger partial charge in [0.05, 0.1) is 24.7 Å². The minimum absolute atomic E-state index is 0.0676. The maximum absolute atomic E-state index is 12.5. The zero-order chi connectivity index (χ0) is 32.1. The SMILES string of the molecule is C[C@@H](O)[C@H]1C(=O)N2C(C(=O)O)=C(S[C@@H]3CCN(Cc4ccc(C(N)CN)cc4)C3)[C@H](C)[C@H]12.NCC(N)c1ccc(CO)cc1. The number of likely N-dealkylation sites (tertiary alicyclic amines) is 1.